The van der Waals surface area contributed by atoms with Crippen LogP contribution < -0.4 is 0 Å². The Balaban J connectivity index is 1.50. The largest absolute Gasteiger partial charge is 0.295 e. The SMILES string of the molecule is CC(C#N)N1CCN(Cc2ccn(C3CCCC3)n2)CC1. The molecule has 0 N–H and O–H groups in total. The summed E-state index contributed by atoms with van der Waals surface area (Å²) in [4.78, 5) is 4.70. The average molecular weight is 287 g/mol. The molecule has 0 spiro atoms. The number of hydrogen-bond acceptors (Lipinski definition) is 4. The van der Waals surface area contributed by atoms with Gasteiger partial charge in [0.2, 0.25) is 0 Å². The molecule has 1 unspecified atom stereocenters. The predicted molar refractivity (Wildman–Crippen MR) is 81.7 cm³/mol. The number of hydrogen-bond donors (Lipinski definition) is 0. The molecule has 0 radical (unpaired) electrons. The second-order valence-electron chi connectivity index (χ2n) is 6.34. The molecule has 3 rings (SSSR count). The zero-order valence-corrected chi connectivity index (χ0v) is 12.9. The zero-order valence-electron chi connectivity index (χ0n) is 12.9. The quantitative estimate of drug-likeness (QED) is 0.850. The van der Waals surface area contributed by atoms with Gasteiger partial charge in [-0.15, -0.1) is 0 Å². The smallest absolute Gasteiger partial charge is 0.0950 e. The van der Waals surface area contributed by atoms with Gasteiger partial charge in [-0.2, -0.15) is 10.4 Å². The lowest BCUT2D eigenvalue weighted by molar-refractivity contribution is 0.113. The molecular formula is C16H25N5. The second-order valence-corrected chi connectivity index (χ2v) is 6.34. The van der Waals surface area contributed by atoms with E-state index in [4.69, 9.17) is 10.4 Å². The highest BCUT2D eigenvalue weighted by Crippen LogP contribution is 2.28. The molecule has 0 aromatic carbocycles. The first-order valence-corrected chi connectivity index (χ1v) is 8.16. The maximum absolute atomic E-state index is 8.98. The van der Waals surface area contributed by atoms with E-state index >= 15 is 0 Å². The molecular weight excluding hydrogens is 262 g/mol. The van der Waals surface area contributed by atoms with Gasteiger partial charge in [0, 0.05) is 38.9 Å². The van der Waals surface area contributed by atoms with Gasteiger partial charge in [-0.3, -0.25) is 14.5 Å². The average Bonchev–Trinajstić information content (AvgIpc) is 3.18. The van der Waals surface area contributed by atoms with E-state index in [1.54, 1.807) is 0 Å². The van der Waals surface area contributed by atoms with E-state index in [0.29, 0.717) is 6.04 Å². The molecule has 0 bridgehead atoms. The van der Waals surface area contributed by atoms with Crippen LogP contribution in [0, 0.1) is 11.3 Å². The standard InChI is InChI=1S/C16H25N5/c1-14(12-17)20-10-8-19(9-11-20)13-15-6-7-21(18-15)16-4-2-3-5-16/h6-7,14,16H,2-5,8-11,13H2,1H3. The van der Waals surface area contributed by atoms with Crippen molar-refractivity contribution < 1.29 is 0 Å². The Bertz CT molecular complexity index is 489. The van der Waals surface area contributed by atoms with E-state index in [1.807, 2.05) is 6.92 Å². The Morgan fingerprint density at radius 2 is 2.00 bits per heavy atom. The third-order valence-electron chi connectivity index (χ3n) is 4.89. The van der Waals surface area contributed by atoms with Gasteiger partial charge >= 0.3 is 0 Å². The predicted octanol–water partition coefficient (Wildman–Crippen LogP) is 2.03. The van der Waals surface area contributed by atoms with Crippen LogP contribution in [-0.2, 0) is 6.54 Å². The van der Waals surface area contributed by atoms with Crippen molar-refractivity contribution >= 4 is 0 Å². The first kappa shape index (κ1) is 14.6. The van der Waals surface area contributed by atoms with Gasteiger partial charge in [-0.25, -0.2) is 0 Å². The van der Waals surface area contributed by atoms with Crippen molar-refractivity contribution in [3.05, 3.63) is 18.0 Å². The van der Waals surface area contributed by atoms with Crippen molar-refractivity contribution in [1.82, 2.24) is 19.6 Å². The lowest BCUT2D eigenvalue weighted by Gasteiger charge is -2.35. The molecule has 1 aromatic rings. The van der Waals surface area contributed by atoms with Crippen LogP contribution in [0.15, 0.2) is 12.3 Å². The molecule has 1 aromatic heterocycles. The number of piperazine rings is 1. The molecule has 114 valence electrons. The molecule has 5 nitrogen and oxygen atoms in total. The first-order valence-electron chi connectivity index (χ1n) is 8.16. The maximum Gasteiger partial charge on any atom is 0.0950 e. The highest BCUT2D eigenvalue weighted by atomic mass is 15.3. The molecule has 5 heteroatoms. The topological polar surface area (TPSA) is 48.1 Å². The number of aromatic nitrogens is 2. The monoisotopic (exact) mass is 287 g/mol. The number of rotatable bonds is 4. The van der Waals surface area contributed by atoms with Crippen LogP contribution >= 0.6 is 0 Å². The molecule has 2 aliphatic rings. The molecule has 21 heavy (non-hydrogen) atoms. The highest BCUT2D eigenvalue weighted by molar-refractivity contribution is 5.01. The van der Waals surface area contributed by atoms with Gasteiger partial charge in [-0.05, 0) is 25.8 Å². The summed E-state index contributed by atoms with van der Waals surface area (Å²) in [5, 5.41) is 13.7. The summed E-state index contributed by atoms with van der Waals surface area (Å²) in [5.74, 6) is 0. The van der Waals surface area contributed by atoms with Crippen molar-refractivity contribution in [3.63, 3.8) is 0 Å². The Labute approximate surface area is 127 Å². The normalized spacial score (nSPS) is 23.2. The lowest BCUT2D eigenvalue weighted by Crippen LogP contribution is -2.48. The van der Waals surface area contributed by atoms with Crippen molar-refractivity contribution in [3.8, 4) is 6.07 Å². The Morgan fingerprint density at radius 3 is 2.67 bits per heavy atom. The lowest BCUT2D eigenvalue weighted by atomic mass is 10.2. The van der Waals surface area contributed by atoms with Crippen LogP contribution in [0.5, 0.6) is 0 Å². The van der Waals surface area contributed by atoms with Gasteiger partial charge < -0.3 is 0 Å². The van der Waals surface area contributed by atoms with Gasteiger partial charge in [0.25, 0.3) is 0 Å². The Morgan fingerprint density at radius 1 is 1.29 bits per heavy atom. The summed E-state index contributed by atoms with van der Waals surface area (Å²) in [6.07, 6.45) is 7.41. The minimum Gasteiger partial charge on any atom is -0.295 e. The van der Waals surface area contributed by atoms with Crippen molar-refractivity contribution in [1.29, 1.82) is 5.26 Å². The summed E-state index contributed by atoms with van der Waals surface area (Å²) in [5.41, 5.74) is 1.18. The number of nitriles is 1. The van der Waals surface area contributed by atoms with Crippen molar-refractivity contribution in [2.75, 3.05) is 26.2 Å². The van der Waals surface area contributed by atoms with Gasteiger partial charge in [0.1, 0.15) is 0 Å². The molecule has 1 atom stereocenters. The minimum absolute atomic E-state index is 0.0359. The first-order chi connectivity index (χ1) is 10.3. The van der Waals surface area contributed by atoms with Gasteiger partial charge in [0.15, 0.2) is 0 Å². The van der Waals surface area contributed by atoms with Crippen LogP contribution in [-0.4, -0.2) is 51.8 Å². The van der Waals surface area contributed by atoms with Gasteiger partial charge in [0.05, 0.1) is 23.8 Å². The van der Waals surface area contributed by atoms with Crippen molar-refractivity contribution in [2.45, 2.75) is 51.2 Å². The second kappa shape index (κ2) is 6.59. The molecule has 2 heterocycles. The van der Waals surface area contributed by atoms with Crippen LogP contribution in [0.25, 0.3) is 0 Å². The third-order valence-corrected chi connectivity index (χ3v) is 4.89. The van der Waals surface area contributed by atoms with Crippen LogP contribution in [0.4, 0.5) is 0 Å². The van der Waals surface area contributed by atoms with Crippen LogP contribution in [0.1, 0.15) is 44.3 Å². The van der Waals surface area contributed by atoms with Crippen molar-refractivity contribution in [2.24, 2.45) is 0 Å². The van der Waals surface area contributed by atoms with E-state index in [2.05, 4.69) is 32.8 Å². The van der Waals surface area contributed by atoms with E-state index in [0.717, 1.165) is 32.7 Å². The number of nitrogens with zero attached hydrogens (tertiary/aromatic N) is 5. The summed E-state index contributed by atoms with van der Waals surface area (Å²) in [6, 6.07) is 5.16. The summed E-state index contributed by atoms with van der Waals surface area (Å²) in [6.45, 7) is 6.95. The summed E-state index contributed by atoms with van der Waals surface area (Å²) < 4.78 is 2.18. The van der Waals surface area contributed by atoms with Crippen LogP contribution in [0.3, 0.4) is 0 Å². The third kappa shape index (κ3) is 3.45. The Hall–Kier alpha value is -1.38. The fraction of sp³-hybridized carbons (Fsp3) is 0.750. The molecule has 2 fully saturated rings. The van der Waals surface area contributed by atoms with Crippen LogP contribution in [0.2, 0.25) is 0 Å². The zero-order chi connectivity index (χ0) is 14.7. The summed E-state index contributed by atoms with van der Waals surface area (Å²) >= 11 is 0. The fourth-order valence-electron chi connectivity index (χ4n) is 3.45. The van der Waals surface area contributed by atoms with E-state index in [-0.39, 0.29) is 6.04 Å². The molecule has 1 saturated heterocycles. The molecule has 1 saturated carbocycles. The van der Waals surface area contributed by atoms with E-state index in [9.17, 15) is 0 Å². The highest BCUT2D eigenvalue weighted by Gasteiger charge is 2.22. The summed E-state index contributed by atoms with van der Waals surface area (Å²) in [7, 11) is 0. The Kier molecular flexibility index (Phi) is 4.57. The molecule has 1 aliphatic carbocycles. The molecule has 1 aliphatic heterocycles. The fourth-order valence-corrected chi connectivity index (χ4v) is 3.45. The van der Waals surface area contributed by atoms with E-state index < -0.39 is 0 Å². The molecule has 0 amide bonds. The minimum atomic E-state index is 0.0359. The maximum atomic E-state index is 8.98. The van der Waals surface area contributed by atoms with Gasteiger partial charge in [-0.1, -0.05) is 12.8 Å². The van der Waals surface area contributed by atoms with E-state index in [1.165, 1.54) is 31.4 Å².